The van der Waals surface area contributed by atoms with Crippen LogP contribution in [0.1, 0.15) is 45.7 Å². The Balaban J connectivity index is 1.68. The first kappa shape index (κ1) is 19.6. The Morgan fingerprint density at radius 1 is 0.606 bits per heavy atom. The first-order valence-electron chi connectivity index (χ1n) is 11.2. The van der Waals surface area contributed by atoms with Gasteiger partial charge in [0.1, 0.15) is 6.29 Å². The molecule has 1 aliphatic carbocycles. The molecular formula is C31H22O2. The number of rotatable bonds is 3. The third-order valence-electron chi connectivity index (χ3n) is 7.22. The molecule has 6 rings (SSSR count). The van der Waals surface area contributed by atoms with Crippen molar-refractivity contribution >= 4 is 34.1 Å². The van der Waals surface area contributed by atoms with Crippen molar-refractivity contribution in [3.8, 4) is 22.3 Å². The van der Waals surface area contributed by atoms with Crippen molar-refractivity contribution in [1.82, 2.24) is 0 Å². The molecule has 5 aromatic rings. The first-order chi connectivity index (χ1) is 16.0. The van der Waals surface area contributed by atoms with Crippen LogP contribution in [0.2, 0.25) is 0 Å². The van der Waals surface area contributed by atoms with E-state index in [0.717, 1.165) is 50.8 Å². The normalized spacial score (nSPS) is 13.6. The van der Waals surface area contributed by atoms with Gasteiger partial charge in [0, 0.05) is 16.5 Å². The van der Waals surface area contributed by atoms with Crippen molar-refractivity contribution in [2.24, 2.45) is 0 Å². The number of benzene rings is 5. The lowest BCUT2D eigenvalue weighted by Crippen LogP contribution is -2.15. The molecule has 0 N–H and O–H groups in total. The number of carbonyl (C=O) groups is 2. The predicted molar refractivity (Wildman–Crippen MR) is 135 cm³/mol. The average Bonchev–Trinajstić information content (AvgIpc) is 3.08. The minimum absolute atomic E-state index is 0.214. The van der Waals surface area contributed by atoms with Crippen LogP contribution in [0.5, 0.6) is 0 Å². The average molecular weight is 427 g/mol. The van der Waals surface area contributed by atoms with Crippen LogP contribution in [0.3, 0.4) is 0 Å². The molecule has 5 aromatic carbocycles. The number of fused-ring (bicyclic) bond motifs is 5. The summed E-state index contributed by atoms with van der Waals surface area (Å²) in [5.41, 5.74) is 8.36. The quantitative estimate of drug-likeness (QED) is 0.220. The van der Waals surface area contributed by atoms with Gasteiger partial charge in [-0.15, -0.1) is 0 Å². The summed E-state index contributed by atoms with van der Waals surface area (Å²) >= 11 is 0. The van der Waals surface area contributed by atoms with Gasteiger partial charge >= 0.3 is 0 Å². The Kier molecular flexibility index (Phi) is 4.15. The van der Waals surface area contributed by atoms with Crippen molar-refractivity contribution in [3.63, 3.8) is 0 Å². The van der Waals surface area contributed by atoms with Crippen LogP contribution in [0, 0.1) is 0 Å². The smallest absolute Gasteiger partial charge is 0.151 e. The maximum Gasteiger partial charge on any atom is 0.151 e. The summed E-state index contributed by atoms with van der Waals surface area (Å²) < 4.78 is 0. The van der Waals surface area contributed by atoms with Gasteiger partial charge in [0.15, 0.2) is 6.29 Å². The van der Waals surface area contributed by atoms with Gasteiger partial charge < -0.3 is 0 Å². The third kappa shape index (κ3) is 2.67. The van der Waals surface area contributed by atoms with Gasteiger partial charge in [-0.25, -0.2) is 0 Å². The van der Waals surface area contributed by atoms with E-state index in [1.807, 2.05) is 48.5 Å². The Hall–Kier alpha value is -4.04. The number of carbonyl (C=O) groups excluding carboxylic acids is 2. The van der Waals surface area contributed by atoms with Gasteiger partial charge in [0.05, 0.1) is 0 Å². The Morgan fingerprint density at radius 2 is 1.15 bits per heavy atom. The molecule has 0 heterocycles. The highest BCUT2D eigenvalue weighted by atomic mass is 16.1. The molecule has 0 atom stereocenters. The Morgan fingerprint density at radius 3 is 1.73 bits per heavy atom. The van der Waals surface area contributed by atoms with Crippen molar-refractivity contribution in [2.45, 2.75) is 19.3 Å². The molecule has 0 aromatic heterocycles. The van der Waals surface area contributed by atoms with Gasteiger partial charge in [-0.1, -0.05) is 86.6 Å². The van der Waals surface area contributed by atoms with Crippen molar-refractivity contribution < 1.29 is 9.59 Å². The molecule has 2 nitrogen and oxygen atoms in total. The second kappa shape index (κ2) is 6.98. The molecule has 0 bridgehead atoms. The lowest BCUT2D eigenvalue weighted by molar-refractivity contribution is 0.111. The van der Waals surface area contributed by atoms with E-state index in [0.29, 0.717) is 5.56 Å². The third-order valence-corrected chi connectivity index (χ3v) is 7.22. The monoisotopic (exact) mass is 426 g/mol. The highest BCUT2D eigenvalue weighted by molar-refractivity contribution is 6.20. The number of hydrogen-bond donors (Lipinski definition) is 0. The van der Waals surface area contributed by atoms with E-state index < -0.39 is 0 Å². The zero-order valence-corrected chi connectivity index (χ0v) is 18.6. The van der Waals surface area contributed by atoms with Gasteiger partial charge in [0.25, 0.3) is 0 Å². The van der Waals surface area contributed by atoms with Gasteiger partial charge in [-0.2, -0.15) is 0 Å². The van der Waals surface area contributed by atoms with E-state index in [4.69, 9.17) is 0 Å². The molecule has 0 radical (unpaired) electrons. The molecule has 33 heavy (non-hydrogen) atoms. The fourth-order valence-corrected chi connectivity index (χ4v) is 5.58. The Labute approximate surface area is 192 Å². The number of hydrogen-bond acceptors (Lipinski definition) is 2. The van der Waals surface area contributed by atoms with Crippen LogP contribution in [0.25, 0.3) is 43.8 Å². The molecule has 1 aliphatic rings. The highest BCUT2D eigenvalue weighted by Crippen LogP contribution is 2.50. The fourth-order valence-electron chi connectivity index (χ4n) is 5.58. The van der Waals surface area contributed by atoms with Crippen LogP contribution in [-0.2, 0) is 5.41 Å². The van der Waals surface area contributed by atoms with Gasteiger partial charge in [0.2, 0.25) is 0 Å². The standard InChI is InChI=1S/C31H22O2/c1-31(2)28-15-19(17-32)11-13-23(28)24-14-12-20(16-29(24)31)30-25-9-5-3-7-21(25)27(18-33)22-8-4-6-10-26(22)30/h3-18H,1-2H3. The van der Waals surface area contributed by atoms with Gasteiger partial charge in [-0.05, 0) is 67.1 Å². The maximum absolute atomic E-state index is 12.1. The van der Waals surface area contributed by atoms with Crippen molar-refractivity contribution in [2.75, 3.05) is 0 Å². The van der Waals surface area contributed by atoms with E-state index in [9.17, 15) is 9.59 Å². The number of aldehydes is 2. The second-order valence-corrected chi connectivity index (χ2v) is 9.31. The lowest BCUT2D eigenvalue weighted by atomic mass is 9.80. The lowest BCUT2D eigenvalue weighted by Gasteiger charge is -2.23. The summed E-state index contributed by atoms with van der Waals surface area (Å²) in [5.74, 6) is 0. The van der Waals surface area contributed by atoms with Crippen LogP contribution < -0.4 is 0 Å². The molecule has 0 saturated heterocycles. The molecular weight excluding hydrogens is 404 g/mol. The second-order valence-electron chi connectivity index (χ2n) is 9.31. The molecule has 0 aliphatic heterocycles. The van der Waals surface area contributed by atoms with Crippen molar-refractivity contribution in [3.05, 3.63) is 107 Å². The van der Waals surface area contributed by atoms with E-state index in [-0.39, 0.29) is 5.41 Å². The largest absolute Gasteiger partial charge is 0.298 e. The zero-order valence-electron chi connectivity index (χ0n) is 18.6. The first-order valence-corrected chi connectivity index (χ1v) is 11.2. The molecule has 0 saturated carbocycles. The summed E-state index contributed by atoms with van der Waals surface area (Å²) in [6, 6.07) is 29.0. The zero-order chi connectivity index (χ0) is 22.7. The molecule has 0 amide bonds. The minimum Gasteiger partial charge on any atom is -0.298 e. The molecule has 2 heteroatoms. The molecule has 0 unspecified atom stereocenters. The SMILES string of the molecule is CC1(C)c2cc(C=O)ccc2-c2ccc(-c3c4ccccc4c(C=O)c4ccccc34)cc21. The summed E-state index contributed by atoms with van der Waals surface area (Å²) in [6.45, 7) is 4.45. The molecule has 158 valence electrons. The van der Waals surface area contributed by atoms with Crippen LogP contribution in [-0.4, -0.2) is 12.6 Å². The van der Waals surface area contributed by atoms with E-state index in [1.54, 1.807) is 0 Å². The Bertz CT molecular complexity index is 1570. The highest BCUT2D eigenvalue weighted by Gasteiger charge is 2.36. The van der Waals surface area contributed by atoms with E-state index >= 15 is 0 Å². The van der Waals surface area contributed by atoms with Crippen LogP contribution in [0.15, 0.2) is 84.9 Å². The summed E-state index contributed by atoms with van der Waals surface area (Å²) in [7, 11) is 0. The molecule has 0 fully saturated rings. The van der Waals surface area contributed by atoms with Crippen LogP contribution in [0.4, 0.5) is 0 Å². The van der Waals surface area contributed by atoms with E-state index in [2.05, 4.69) is 50.2 Å². The summed E-state index contributed by atoms with van der Waals surface area (Å²) in [4.78, 5) is 23.5. The summed E-state index contributed by atoms with van der Waals surface area (Å²) in [5, 5.41) is 4.10. The maximum atomic E-state index is 12.1. The van der Waals surface area contributed by atoms with Crippen LogP contribution >= 0.6 is 0 Å². The molecule has 0 spiro atoms. The van der Waals surface area contributed by atoms with Gasteiger partial charge in [-0.3, -0.25) is 9.59 Å². The topological polar surface area (TPSA) is 34.1 Å². The van der Waals surface area contributed by atoms with E-state index in [1.165, 1.54) is 22.3 Å². The van der Waals surface area contributed by atoms with Crippen molar-refractivity contribution in [1.29, 1.82) is 0 Å². The predicted octanol–water partition coefficient (Wildman–Crippen LogP) is 7.59. The minimum atomic E-state index is -0.214. The summed E-state index contributed by atoms with van der Waals surface area (Å²) in [6.07, 6.45) is 1.89. The fraction of sp³-hybridized carbons (Fsp3) is 0.0968.